The number of nitrogens with two attached hydrogens (primary N) is 1. The summed E-state index contributed by atoms with van der Waals surface area (Å²) in [6.07, 6.45) is 6.08. The van der Waals surface area contributed by atoms with Crippen molar-refractivity contribution in [3.63, 3.8) is 0 Å². The van der Waals surface area contributed by atoms with Gasteiger partial charge in [0, 0.05) is 54.7 Å². The van der Waals surface area contributed by atoms with Crippen LogP contribution in [0.3, 0.4) is 0 Å². The van der Waals surface area contributed by atoms with Crippen molar-refractivity contribution in [2.24, 2.45) is 0 Å². The highest BCUT2D eigenvalue weighted by atomic mass is 19.1. The van der Waals surface area contributed by atoms with Gasteiger partial charge in [-0.15, -0.1) is 0 Å². The number of hydrogen-bond acceptors (Lipinski definition) is 7. The topological polar surface area (TPSA) is 100 Å². The van der Waals surface area contributed by atoms with Gasteiger partial charge in [0.1, 0.15) is 11.9 Å². The van der Waals surface area contributed by atoms with Crippen molar-refractivity contribution in [1.82, 2.24) is 15.3 Å². The van der Waals surface area contributed by atoms with Gasteiger partial charge in [0.15, 0.2) is 0 Å². The molecule has 4 heterocycles. The van der Waals surface area contributed by atoms with E-state index in [2.05, 4.69) is 27.3 Å². The molecule has 0 aliphatic carbocycles. The number of nitrogens with zero attached hydrogens (tertiary/aromatic N) is 4. The molecule has 2 aliphatic heterocycles. The van der Waals surface area contributed by atoms with E-state index in [0.29, 0.717) is 16.8 Å². The Balaban J connectivity index is 1.56. The summed E-state index contributed by atoms with van der Waals surface area (Å²) in [7, 11) is 0. The molecule has 2 atom stereocenters. The molecule has 8 heteroatoms. The molecule has 3 N–H and O–H groups in total. The van der Waals surface area contributed by atoms with Gasteiger partial charge in [-0.25, -0.2) is 4.39 Å². The van der Waals surface area contributed by atoms with Crippen molar-refractivity contribution >= 4 is 22.3 Å². The summed E-state index contributed by atoms with van der Waals surface area (Å²) in [6.45, 7) is 5.02. The van der Waals surface area contributed by atoms with Gasteiger partial charge in [-0.2, -0.15) is 5.26 Å². The first kappa shape index (κ1) is 23.3. The smallest absolute Gasteiger partial charge is 0.124 e. The third-order valence-corrected chi connectivity index (χ3v) is 7.32. The third-order valence-electron chi connectivity index (χ3n) is 7.32. The van der Waals surface area contributed by atoms with Crippen molar-refractivity contribution in [1.29, 1.82) is 5.26 Å². The number of piperidine rings is 1. The first-order valence-corrected chi connectivity index (χ1v) is 12.5. The molecule has 0 bridgehead atoms. The number of aromatic nitrogens is 2. The fraction of sp³-hybridized carbons (Fsp3) is 0.276. The second kappa shape index (κ2) is 9.43. The zero-order valence-corrected chi connectivity index (χ0v) is 20.5. The maximum absolute atomic E-state index is 14.5. The zero-order valence-electron chi connectivity index (χ0n) is 20.5. The van der Waals surface area contributed by atoms with Crippen LogP contribution in [-0.4, -0.2) is 48.4 Å². The average Bonchev–Trinajstić information content (AvgIpc) is 2.91. The SMILES string of the molecule is Cc1cc(F)cc(-c2cnc3ccc(-c4cncc(C#N)c4N)cc3c2N2CC[C@H]3OCCN[C@@H]3C2)c1. The summed E-state index contributed by atoms with van der Waals surface area (Å²) in [5.74, 6) is -0.275. The lowest BCUT2D eigenvalue weighted by Crippen LogP contribution is -2.58. The number of morpholine rings is 1. The molecule has 0 unspecified atom stereocenters. The van der Waals surface area contributed by atoms with Gasteiger partial charge in [0.25, 0.3) is 0 Å². The van der Waals surface area contributed by atoms with Gasteiger partial charge < -0.3 is 20.7 Å². The van der Waals surface area contributed by atoms with E-state index in [1.165, 1.54) is 12.3 Å². The molecule has 37 heavy (non-hydrogen) atoms. The van der Waals surface area contributed by atoms with Crippen molar-refractivity contribution < 1.29 is 9.13 Å². The zero-order chi connectivity index (χ0) is 25.5. The van der Waals surface area contributed by atoms with Crippen LogP contribution in [0.15, 0.2) is 55.0 Å². The van der Waals surface area contributed by atoms with Gasteiger partial charge in [-0.05, 0) is 54.3 Å². The fourth-order valence-electron chi connectivity index (χ4n) is 5.56. The molecule has 4 aromatic rings. The minimum absolute atomic E-state index is 0.188. The van der Waals surface area contributed by atoms with Crippen LogP contribution in [0.5, 0.6) is 0 Å². The van der Waals surface area contributed by atoms with Crippen molar-refractivity contribution in [2.75, 3.05) is 36.9 Å². The van der Waals surface area contributed by atoms with Crippen LogP contribution in [0.1, 0.15) is 17.5 Å². The molecule has 0 spiro atoms. The molecule has 7 nitrogen and oxygen atoms in total. The van der Waals surface area contributed by atoms with Crippen LogP contribution in [-0.2, 0) is 4.74 Å². The Morgan fingerprint density at radius 1 is 1.14 bits per heavy atom. The molecule has 0 saturated carbocycles. The van der Waals surface area contributed by atoms with Crippen molar-refractivity contribution in [2.45, 2.75) is 25.5 Å². The van der Waals surface area contributed by atoms with E-state index in [1.807, 2.05) is 31.3 Å². The number of fused-ring (bicyclic) bond motifs is 2. The summed E-state index contributed by atoms with van der Waals surface area (Å²) < 4.78 is 20.5. The lowest BCUT2D eigenvalue weighted by molar-refractivity contribution is -0.0134. The number of nitriles is 1. The highest BCUT2D eigenvalue weighted by Crippen LogP contribution is 2.41. The van der Waals surface area contributed by atoms with Gasteiger partial charge in [-0.1, -0.05) is 12.1 Å². The lowest BCUT2D eigenvalue weighted by Gasteiger charge is -2.43. The molecule has 0 radical (unpaired) electrons. The molecule has 2 aliphatic rings. The van der Waals surface area contributed by atoms with Crippen LogP contribution < -0.4 is 16.0 Å². The molecule has 2 fully saturated rings. The normalized spacial score (nSPS) is 19.4. The number of rotatable bonds is 3. The summed E-state index contributed by atoms with van der Waals surface area (Å²) >= 11 is 0. The van der Waals surface area contributed by atoms with Crippen LogP contribution in [0, 0.1) is 24.1 Å². The Hall–Kier alpha value is -4.06. The largest absolute Gasteiger partial charge is 0.397 e. The Morgan fingerprint density at radius 3 is 2.86 bits per heavy atom. The highest BCUT2D eigenvalue weighted by molar-refractivity contribution is 6.02. The predicted octanol–water partition coefficient (Wildman–Crippen LogP) is 4.43. The summed E-state index contributed by atoms with van der Waals surface area (Å²) in [4.78, 5) is 11.3. The second-order valence-electron chi connectivity index (χ2n) is 9.73. The Kier molecular flexibility index (Phi) is 5.95. The van der Waals surface area contributed by atoms with E-state index in [4.69, 9.17) is 15.5 Å². The van der Waals surface area contributed by atoms with Crippen molar-refractivity contribution in [3.05, 3.63) is 71.9 Å². The first-order valence-electron chi connectivity index (χ1n) is 12.5. The molecule has 2 saturated heterocycles. The van der Waals surface area contributed by atoms with E-state index in [1.54, 1.807) is 12.3 Å². The molecule has 6 rings (SSSR count). The van der Waals surface area contributed by atoms with E-state index >= 15 is 0 Å². The van der Waals surface area contributed by atoms with Gasteiger partial charge in [0.05, 0.1) is 41.2 Å². The molecule has 2 aromatic carbocycles. The number of anilines is 2. The Labute approximate surface area is 214 Å². The Bertz CT molecular complexity index is 1530. The van der Waals surface area contributed by atoms with Gasteiger partial charge >= 0.3 is 0 Å². The Morgan fingerprint density at radius 2 is 2.03 bits per heavy atom. The lowest BCUT2D eigenvalue weighted by atomic mass is 9.94. The van der Waals surface area contributed by atoms with Gasteiger partial charge in [-0.3, -0.25) is 9.97 Å². The quantitative estimate of drug-likeness (QED) is 0.435. The maximum atomic E-state index is 14.5. The minimum atomic E-state index is -0.275. The second-order valence-corrected chi connectivity index (χ2v) is 9.73. The van der Waals surface area contributed by atoms with Crippen LogP contribution in [0.2, 0.25) is 0 Å². The number of hydrogen-bond donors (Lipinski definition) is 2. The molecular weight excluding hydrogens is 467 g/mol. The fourth-order valence-corrected chi connectivity index (χ4v) is 5.56. The number of nitrogen functional groups attached to an aromatic ring is 1. The maximum Gasteiger partial charge on any atom is 0.124 e. The average molecular weight is 495 g/mol. The summed E-state index contributed by atoms with van der Waals surface area (Å²) in [6, 6.07) is 13.4. The summed E-state index contributed by atoms with van der Waals surface area (Å²) in [5.41, 5.74) is 12.9. The van der Waals surface area contributed by atoms with Crippen LogP contribution >= 0.6 is 0 Å². The number of halogens is 1. The number of ether oxygens (including phenoxy) is 1. The molecule has 186 valence electrons. The number of nitrogens with one attached hydrogen (secondary N) is 1. The molecular formula is C29H27FN6O. The standard InChI is InChI=1S/C29H27FN6O/c1-17-8-19(10-21(30)9-17)24-15-35-25-3-2-18(23-14-33-13-20(12-31)28(23)32)11-22(25)29(24)36-6-4-27-26(16-36)34-5-7-37-27/h2-3,8-11,13-15,26-27,34H,4-7,16H2,1H3,(H2,32,33)/t26-,27-/m1/s1. The predicted molar refractivity (Wildman–Crippen MR) is 143 cm³/mol. The van der Waals surface area contributed by atoms with E-state index in [-0.39, 0.29) is 18.0 Å². The van der Waals surface area contributed by atoms with E-state index in [9.17, 15) is 9.65 Å². The number of aryl methyl sites for hydroxylation is 1. The van der Waals surface area contributed by atoms with Crippen LogP contribution in [0.4, 0.5) is 15.8 Å². The number of pyridine rings is 2. The first-order chi connectivity index (χ1) is 18.0. The van der Waals surface area contributed by atoms with Gasteiger partial charge in [0.2, 0.25) is 0 Å². The molecule has 2 aromatic heterocycles. The molecule has 0 amide bonds. The van der Waals surface area contributed by atoms with Crippen LogP contribution in [0.25, 0.3) is 33.2 Å². The van der Waals surface area contributed by atoms with E-state index in [0.717, 1.165) is 71.5 Å². The highest BCUT2D eigenvalue weighted by Gasteiger charge is 2.33. The minimum Gasteiger partial charge on any atom is -0.397 e. The number of benzene rings is 2. The monoisotopic (exact) mass is 494 g/mol. The third kappa shape index (κ3) is 4.26. The summed E-state index contributed by atoms with van der Waals surface area (Å²) in [5, 5.41) is 14.0. The van der Waals surface area contributed by atoms with Crippen molar-refractivity contribution in [3.8, 4) is 28.3 Å². The van der Waals surface area contributed by atoms with E-state index < -0.39 is 0 Å².